The Bertz CT molecular complexity index is 462. The second-order valence-electron chi connectivity index (χ2n) is 5.83. The fourth-order valence-corrected chi connectivity index (χ4v) is 4.02. The van der Waals surface area contributed by atoms with Crippen LogP contribution in [0.4, 0.5) is 0 Å². The maximum atomic E-state index is 12.3. The van der Waals surface area contributed by atoms with E-state index >= 15 is 0 Å². The first kappa shape index (κ1) is 14.0. The van der Waals surface area contributed by atoms with Gasteiger partial charge in [-0.15, -0.1) is 0 Å². The summed E-state index contributed by atoms with van der Waals surface area (Å²) < 4.78 is 5.17. The van der Waals surface area contributed by atoms with Crippen LogP contribution in [-0.4, -0.2) is 61.1 Å². The third kappa shape index (κ3) is 2.62. The van der Waals surface area contributed by atoms with Crippen molar-refractivity contribution in [1.29, 1.82) is 0 Å². The molecular formula is C15H22N2O2S. The highest BCUT2D eigenvalue weighted by molar-refractivity contribution is 7.07. The van der Waals surface area contributed by atoms with Gasteiger partial charge in [-0.05, 0) is 35.2 Å². The van der Waals surface area contributed by atoms with Gasteiger partial charge in [0.05, 0.1) is 13.0 Å². The molecule has 0 bridgehead atoms. The van der Waals surface area contributed by atoms with Crippen LogP contribution in [0.1, 0.15) is 18.4 Å². The lowest BCUT2D eigenvalue weighted by molar-refractivity contribution is -0.130. The molecule has 0 radical (unpaired) electrons. The molecule has 0 aromatic carbocycles. The average molecular weight is 294 g/mol. The quantitative estimate of drug-likeness (QED) is 0.827. The number of hydrogen-bond acceptors (Lipinski definition) is 4. The van der Waals surface area contributed by atoms with Crippen LogP contribution in [0.2, 0.25) is 0 Å². The summed E-state index contributed by atoms with van der Waals surface area (Å²) in [4.78, 5) is 16.9. The van der Waals surface area contributed by atoms with Gasteiger partial charge >= 0.3 is 0 Å². The number of carbonyl (C=O) groups is 1. The molecule has 2 aliphatic heterocycles. The van der Waals surface area contributed by atoms with Crippen LogP contribution in [-0.2, 0) is 16.0 Å². The van der Waals surface area contributed by atoms with E-state index in [0.29, 0.717) is 6.42 Å². The lowest BCUT2D eigenvalue weighted by Crippen LogP contribution is -2.62. The van der Waals surface area contributed by atoms with Gasteiger partial charge in [0.15, 0.2) is 0 Å². The molecule has 20 heavy (non-hydrogen) atoms. The van der Waals surface area contributed by atoms with Crippen LogP contribution in [0.15, 0.2) is 16.8 Å². The minimum atomic E-state index is 0.253. The van der Waals surface area contributed by atoms with Crippen LogP contribution in [0.5, 0.6) is 0 Å². The molecule has 3 heterocycles. The molecule has 0 N–H and O–H groups in total. The molecule has 1 aromatic heterocycles. The summed E-state index contributed by atoms with van der Waals surface area (Å²) in [7, 11) is 1.75. The van der Waals surface area contributed by atoms with Gasteiger partial charge in [0.1, 0.15) is 0 Å². The van der Waals surface area contributed by atoms with Gasteiger partial charge in [-0.3, -0.25) is 9.69 Å². The molecule has 110 valence electrons. The van der Waals surface area contributed by atoms with Gasteiger partial charge in [0.2, 0.25) is 5.91 Å². The van der Waals surface area contributed by atoms with Gasteiger partial charge in [-0.25, -0.2) is 0 Å². The zero-order valence-electron chi connectivity index (χ0n) is 12.0. The first-order valence-corrected chi connectivity index (χ1v) is 8.21. The van der Waals surface area contributed by atoms with Crippen molar-refractivity contribution >= 4 is 17.2 Å². The molecule has 1 amide bonds. The Morgan fingerprint density at radius 2 is 2.30 bits per heavy atom. The monoisotopic (exact) mass is 294 g/mol. The molecule has 1 aromatic rings. The first-order chi connectivity index (χ1) is 9.73. The van der Waals surface area contributed by atoms with E-state index in [1.54, 1.807) is 18.4 Å². The summed E-state index contributed by atoms with van der Waals surface area (Å²) in [5.74, 6) is 0.277. The van der Waals surface area contributed by atoms with Gasteiger partial charge in [0.25, 0.3) is 0 Å². The van der Waals surface area contributed by atoms with E-state index < -0.39 is 0 Å². The highest BCUT2D eigenvalue weighted by Gasteiger charge is 2.49. The van der Waals surface area contributed by atoms with Crippen molar-refractivity contribution in [2.24, 2.45) is 0 Å². The Hall–Kier alpha value is -0.910. The lowest BCUT2D eigenvalue weighted by Gasteiger charge is -2.50. The number of likely N-dealkylation sites (tertiary alicyclic amines) is 2. The summed E-state index contributed by atoms with van der Waals surface area (Å²) in [6.45, 7) is 4.73. The van der Waals surface area contributed by atoms with Crippen LogP contribution < -0.4 is 0 Å². The summed E-state index contributed by atoms with van der Waals surface area (Å²) in [5.41, 5.74) is 1.40. The zero-order valence-corrected chi connectivity index (χ0v) is 12.8. The largest absolute Gasteiger partial charge is 0.383 e. The van der Waals surface area contributed by atoms with E-state index in [1.165, 1.54) is 6.42 Å². The van der Waals surface area contributed by atoms with Crippen molar-refractivity contribution < 1.29 is 9.53 Å². The molecule has 1 spiro atoms. The lowest BCUT2D eigenvalue weighted by atomic mass is 9.84. The van der Waals surface area contributed by atoms with E-state index in [4.69, 9.17) is 4.74 Å². The topological polar surface area (TPSA) is 32.8 Å². The molecule has 2 fully saturated rings. The van der Waals surface area contributed by atoms with Crippen molar-refractivity contribution in [2.45, 2.75) is 24.8 Å². The van der Waals surface area contributed by atoms with E-state index in [9.17, 15) is 4.79 Å². The zero-order chi connectivity index (χ0) is 14.0. The maximum absolute atomic E-state index is 12.3. The third-order valence-corrected chi connectivity index (χ3v) is 5.44. The van der Waals surface area contributed by atoms with Crippen LogP contribution in [0.25, 0.3) is 0 Å². The number of carbonyl (C=O) groups excluding carboxylic acids is 1. The predicted molar refractivity (Wildman–Crippen MR) is 80.0 cm³/mol. The van der Waals surface area contributed by atoms with Crippen LogP contribution in [0.3, 0.4) is 0 Å². The van der Waals surface area contributed by atoms with E-state index in [1.807, 2.05) is 11.4 Å². The minimum absolute atomic E-state index is 0.253. The van der Waals surface area contributed by atoms with Crippen LogP contribution in [0, 0.1) is 0 Å². The Morgan fingerprint density at radius 3 is 2.95 bits per heavy atom. The Morgan fingerprint density at radius 1 is 1.45 bits per heavy atom. The second kappa shape index (κ2) is 5.84. The van der Waals surface area contributed by atoms with Gasteiger partial charge < -0.3 is 9.64 Å². The van der Waals surface area contributed by atoms with E-state index in [2.05, 4.69) is 15.2 Å². The molecule has 1 atom stereocenters. The molecule has 2 saturated heterocycles. The molecule has 0 saturated carbocycles. The van der Waals surface area contributed by atoms with Gasteiger partial charge in [-0.1, -0.05) is 0 Å². The van der Waals surface area contributed by atoms with Crippen molar-refractivity contribution in [2.75, 3.05) is 39.9 Å². The molecule has 5 heteroatoms. The molecule has 2 aliphatic rings. The third-order valence-electron chi connectivity index (χ3n) is 4.70. The number of rotatable bonds is 5. The minimum Gasteiger partial charge on any atom is -0.383 e. The average Bonchev–Trinajstić information content (AvgIpc) is 3.07. The summed E-state index contributed by atoms with van der Waals surface area (Å²) >= 11 is 1.66. The predicted octanol–water partition coefficient (Wildman–Crippen LogP) is 1.61. The van der Waals surface area contributed by atoms with Gasteiger partial charge in [-0.2, -0.15) is 11.3 Å². The number of ether oxygens (including phenoxy) is 1. The Balaban J connectivity index is 1.55. The van der Waals surface area contributed by atoms with Crippen molar-refractivity contribution in [3.8, 4) is 0 Å². The number of hydrogen-bond donors (Lipinski definition) is 0. The molecule has 3 rings (SSSR count). The first-order valence-electron chi connectivity index (χ1n) is 7.26. The highest BCUT2D eigenvalue weighted by atomic mass is 32.1. The Labute approximate surface area is 124 Å². The van der Waals surface area contributed by atoms with Crippen molar-refractivity contribution in [1.82, 2.24) is 9.80 Å². The summed E-state index contributed by atoms with van der Waals surface area (Å²) in [6.07, 6.45) is 2.89. The molecule has 0 aliphatic carbocycles. The molecule has 4 nitrogen and oxygen atoms in total. The highest BCUT2D eigenvalue weighted by Crippen LogP contribution is 2.38. The molecular weight excluding hydrogens is 272 g/mol. The Kier molecular flexibility index (Phi) is 4.10. The number of nitrogens with zero attached hydrogens (tertiary/aromatic N) is 2. The van der Waals surface area contributed by atoms with Crippen LogP contribution >= 0.6 is 11.3 Å². The maximum Gasteiger partial charge on any atom is 0.227 e. The molecule has 1 unspecified atom stereocenters. The van der Waals surface area contributed by atoms with E-state index in [-0.39, 0.29) is 11.4 Å². The summed E-state index contributed by atoms with van der Waals surface area (Å²) in [6, 6.07) is 2.04. The van der Waals surface area contributed by atoms with Crippen molar-refractivity contribution in [3.05, 3.63) is 22.4 Å². The van der Waals surface area contributed by atoms with Crippen molar-refractivity contribution in [3.63, 3.8) is 0 Å². The fourth-order valence-electron chi connectivity index (χ4n) is 3.35. The fraction of sp³-hybridized carbons (Fsp3) is 0.667. The number of methoxy groups -OCH3 is 1. The summed E-state index contributed by atoms with van der Waals surface area (Å²) in [5, 5.41) is 4.10. The normalized spacial score (nSPS) is 26.1. The van der Waals surface area contributed by atoms with Gasteiger partial charge in [0, 0.05) is 38.8 Å². The van der Waals surface area contributed by atoms with E-state index in [0.717, 1.165) is 44.8 Å². The smallest absolute Gasteiger partial charge is 0.227 e. The number of thiophene rings is 1. The number of amides is 1. The second-order valence-corrected chi connectivity index (χ2v) is 6.61. The standard InChI is InChI=1S/C15H22N2O2S/c1-19-8-7-17-6-4-15(17)3-5-16(12-15)14(18)10-13-2-9-20-11-13/h2,9,11H,3-8,10,12H2,1H3. The SMILES string of the molecule is COCCN1CCC12CCN(C(=O)Cc1ccsc1)C2.